The van der Waals surface area contributed by atoms with E-state index in [0.29, 0.717) is 5.56 Å². The molecule has 0 unspecified atom stereocenters. The number of nitrogens with one attached hydrogen (secondary N) is 2. The molecular weight excluding hydrogens is 318 g/mol. The number of pyridine rings is 1. The van der Waals surface area contributed by atoms with Crippen molar-refractivity contribution in [1.29, 1.82) is 0 Å². The van der Waals surface area contributed by atoms with Crippen molar-refractivity contribution in [3.8, 4) is 5.75 Å². The van der Waals surface area contributed by atoms with Gasteiger partial charge in [0.05, 0.1) is 0 Å². The Morgan fingerprint density at radius 2 is 1.87 bits per heavy atom. The second-order valence-electron chi connectivity index (χ2n) is 4.33. The highest BCUT2D eigenvalue weighted by Crippen LogP contribution is 2.40. The minimum Gasteiger partial charge on any atom is -0.488 e. The van der Waals surface area contributed by atoms with Gasteiger partial charge < -0.3 is 4.74 Å². The van der Waals surface area contributed by atoms with Gasteiger partial charge in [-0.3, -0.25) is 5.43 Å². The minimum absolute atomic E-state index is 0.0944. The van der Waals surface area contributed by atoms with E-state index in [1.807, 2.05) is 0 Å². The van der Waals surface area contributed by atoms with Crippen molar-refractivity contribution in [2.75, 3.05) is 5.43 Å². The minimum atomic E-state index is -4.82. The van der Waals surface area contributed by atoms with Crippen LogP contribution >= 0.6 is 0 Å². The SMILES string of the molecule is O=C(F)NNc1nccc(OCc2ccccc2)c1C(F)(F)F. The second-order valence-corrected chi connectivity index (χ2v) is 4.33. The molecule has 2 N–H and O–H groups in total. The molecule has 0 aliphatic carbocycles. The number of hydrogen-bond donors (Lipinski definition) is 2. The van der Waals surface area contributed by atoms with Crippen LogP contribution in [-0.2, 0) is 12.8 Å². The lowest BCUT2D eigenvalue weighted by Gasteiger charge is -2.17. The van der Waals surface area contributed by atoms with Crippen LogP contribution in [0.3, 0.4) is 0 Å². The maximum Gasteiger partial charge on any atom is 0.423 e. The molecule has 0 radical (unpaired) electrons. The first-order valence-corrected chi connectivity index (χ1v) is 6.32. The van der Waals surface area contributed by atoms with Crippen LogP contribution in [0.4, 0.5) is 28.2 Å². The molecule has 0 atom stereocenters. The van der Waals surface area contributed by atoms with Crippen molar-refractivity contribution < 1.29 is 27.1 Å². The Balaban J connectivity index is 2.27. The Morgan fingerprint density at radius 1 is 1.17 bits per heavy atom. The van der Waals surface area contributed by atoms with E-state index in [4.69, 9.17) is 4.74 Å². The summed E-state index contributed by atoms with van der Waals surface area (Å²) in [5.41, 5.74) is 2.60. The Morgan fingerprint density at radius 3 is 2.48 bits per heavy atom. The van der Waals surface area contributed by atoms with E-state index >= 15 is 0 Å². The summed E-state index contributed by atoms with van der Waals surface area (Å²) in [7, 11) is 0. The second kappa shape index (κ2) is 6.95. The summed E-state index contributed by atoms with van der Waals surface area (Å²) in [5, 5.41) is 0. The predicted octanol–water partition coefficient (Wildman–Crippen LogP) is 3.69. The molecular formula is C14H11F4N3O2. The largest absolute Gasteiger partial charge is 0.488 e. The molecule has 0 aliphatic rings. The van der Waals surface area contributed by atoms with Crippen LogP contribution in [0.25, 0.3) is 0 Å². The summed E-state index contributed by atoms with van der Waals surface area (Å²) in [4.78, 5) is 13.6. The number of amides is 1. The molecule has 1 aromatic carbocycles. The molecule has 0 fully saturated rings. The lowest BCUT2D eigenvalue weighted by atomic mass is 10.2. The number of anilines is 1. The first-order chi connectivity index (χ1) is 10.9. The van der Waals surface area contributed by atoms with Gasteiger partial charge in [0, 0.05) is 6.20 Å². The number of aromatic nitrogens is 1. The molecule has 2 rings (SSSR count). The molecule has 0 saturated carbocycles. The van der Waals surface area contributed by atoms with Gasteiger partial charge in [-0.05, 0) is 11.6 Å². The monoisotopic (exact) mass is 329 g/mol. The van der Waals surface area contributed by atoms with Gasteiger partial charge in [-0.2, -0.15) is 13.2 Å². The normalized spacial score (nSPS) is 11.0. The summed E-state index contributed by atoms with van der Waals surface area (Å²) in [6.07, 6.45) is -5.82. The quantitative estimate of drug-likeness (QED) is 0.380. The van der Waals surface area contributed by atoms with Crippen molar-refractivity contribution in [2.24, 2.45) is 0 Å². The van der Waals surface area contributed by atoms with Gasteiger partial charge in [0.15, 0.2) is 5.82 Å². The van der Waals surface area contributed by atoms with Crippen LogP contribution in [0.15, 0.2) is 42.6 Å². The zero-order chi connectivity index (χ0) is 16.9. The van der Waals surface area contributed by atoms with E-state index in [2.05, 4.69) is 4.98 Å². The molecule has 0 bridgehead atoms. The van der Waals surface area contributed by atoms with Crippen molar-refractivity contribution in [1.82, 2.24) is 10.4 Å². The smallest absolute Gasteiger partial charge is 0.423 e. The van der Waals surface area contributed by atoms with Crippen molar-refractivity contribution in [3.63, 3.8) is 0 Å². The summed E-state index contributed by atoms with van der Waals surface area (Å²) >= 11 is 0. The Kier molecular flexibility index (Phi) is 4.99. The highest BCUT2D eigenvalue weighted by Gasteiger charge is 2.38. The Hall–Kier alpha value is -2.84. The van der Waals surface area contributed by atoms with Gasteiger partial charge in [0.1, 0.15) is 17.9 Å². The molecule has 1 heterocycles. The van der Waals surface area contributed by atoms with E-state index < -0.39 is 29.5 Å². The summed E-state index contributed by atoms with van der Waals surface area (Å²) in [5.74, 6) is -1.26. The number of ether oxygens (including phenoxy) is 1. The van der Waals surface area contributed by atoms with E-state index in [1.165, 1.54) is 5.43 Å². The third-order valence-corrected chi connectivity index (χ3v) is 2.71. The van der Waals surface area contributed by atoms with E-state index in [1.54, 1.807) is 35.8 Å². The van der Waals surface area contributed by atoms with Crippen LogP contribution < -0.4 is 15.6 Å². The third-order valence-electron chi connectivity index (χ3n) is 2.71. The first-order valence-electron chi connectivity index (χ1n) is 6.32. The number of carbonyl (C=O) groups is 1. The molecule has 5 nitrogen and oxygen atoms in total. The number of halogens is 4. The number of hydrazine groups is 1. The van der Waals surface area contributed by atoms with Crippen LogP contribution in [-0.4, -0.2) is 11.1 Å². The molecule has 1 aromatic heterocycles. The fourth-order valence-electron chi connectivity index (χ4n) is 1.78. The summed E-state index contributed by atoms with van der Waals surface area (Å²) < 4.78 is 56.9. The summed E-state index contributed by atoms with van der Waals surface area (Å²) in [6.45, 7) is -0.0944. The van der Waals surface area contributed by atoms with Gasteiger partial charge in [0.2, 0.25) is 0 Å². The van der Waals surface area contributed by atoms with Gasteiger partial charge in [-0.15, -0.1) is 4.39 Å². The Labute approximate surface area is 128 Å². The average Bonchev–Trinajstić information content (AvgIpc) is 2.50. The fourth-order valence-corrected chi connectivity index (χ4v) is 1.78. The predicted molar refractivity (Wildman–Crippen MR) is 73.3 cm³/mol. The number of alkyl halides is 3. The molecule has 2 aromatic rings. The first kappa shape index (κ1) is 16.5. The van der Waals surface area contributed by atoms with Crippen LogP contribution in [0, 0.1) is 0 Å². The van der Waals surface area contributed by atoms with Crippen molar-refractivity contribution in [3.05, 3.63) is 53.7 Å². The number of benzene rings is 1. The fraction of sp³-hybridized carbons (Fsp3) is 0.143. The number of rotatable bonds is 5. The van der Waals surface area contributed by atoms with Crippen molar-refractivity contribution in [2.45, 2.75) is 12.8 Å². The standard InChI is InChI=1S/C14H11F4N3O2/c15-13(22)21-20-12-11(14(16,17)18)10(6-7-19-12)23-8-9-4-2-1-3-5-9/h1-7H,8H2,(H,19,20)(H,21,22). The third kappa shape index (κ3) is 4.56. The van der Waals surface area contributed by atoms with E-state index in [-0.39, 0.29) is 6.61 Å². The molecule has 0 aliphatic heterocycles. The number of hydrogen-bond acceptors (Lipinski definition) is 4. The van der Waals surface area contributed by atoms with Gasteiger partial charge in [-0.1, -0.05) is 30.3 Å². The number of nitrogens with zero attached hydrogens (tertiary/aromatic N) is 1. The van der Waals surface area contributed by atoms with E-state index in [0.717, 1.165) is 12.3 Å². The highest BCUT2D eigenvalue weighted by atomic mass is 19.4. The van der Waals surface area contributed by atoms with Gasteiger partial charge in [-0.25, -0.2) is 15.2 Å². The molecule has 23 heavy (non-hydrogen) atoms. The maximum absolute atomic E-state index is 13.2. The zero-order valence-corrected chi connectivity index (χ0v) is 11.5. The van der Waals surface area contributed by atoms with E-state index in [9.17, 15) is 22.4 Å². The molecule has 0 saturated heterocycles. The van der Waals surface area contributed by atoms with Crippen LogP contribution in [0.5, 0.6) is 5.75 Å². The highest BCUT2D eigenvalue weighted by molar-refractivity contribution is 5.68. The zero-order valence-electron chi connectivity index (χ0n) is 11.5. The molecule has 9 heteroatoms. The molecule has 122 valence electrons. The van der Waals surface area contributed by atoms with Crippen LogP contribution in [0.1, 0.15) is 11.1 Å². The number of carbonyl (C=O) groups excluding carboxylic acids is 1. The Bertz CT molecular complexity index is 677. The molecule has 0 spiro atoms. The average molecular weight is 329 g/mol. The maximum atomic E-state index is 13.2. The topological polar surface area (TPSA) is 63.2 Å². The molecule has 1 amide bonds. The van der Waals surface area contributed by atoms with Crippen molar-refractivity contribution >= 4 is 12.0 Å². The lowest BCUT2D eigenvalue weighted by Crippen LogP contribution is -2.27. The van der Waals surface area contributed by atoms with Gasteiger partial charge in [0.25, 0.3) is 0 Å². The van der Waals surface area contributed by atoms with Gasteiger partial charge >= 0.3 is 12.3 Å². The van der Waals surface area contributed by atoms with Crippen LogP contribution in [0.2, 0.25) is 0 Å². The summed E-state index contributed by atoms with van der Waals surface area (Å²) in [6, 6.07) is 9.63. The lowest BCUT2D eigenvalue weighted by molar-refractivity contribution is -0.138.